The number of hydrogen-bond acceptors (Lipinski definition) is 4. The minimum absolute atomic E-state index is 0.0319. The van der Waals surface area contributed by atoms with Crippen LogP contribution in [0.5, 0.6) is 5.75 Å². The van der Waals surface area contributed by atoms with Gasteiger partial charge in [0.2, 0.25) is 0 Å². The Kier molecular flexibility index (Phi) is 4.95. The average Bonchev–Trinajstić information content (AvgIpc) is 2.39. The lowest BCUT2D eigenvalue weighted by Gasteiger charge is -2.10. The molecule has 0 saturated heterocycles. The number of rotatable bonds is 4. The number of hydrogen-bond donors (Lipinski definition) is 0. The Morgan fingerprint density at radius 1 is 1.35 bits per heavy atom. The number of nitro benzene ring substituents is 1. The van der Waals surface area contributed by atoms with Crippen molar-refractivity contribution in [2.24, 2.45) is 0 Å². The highest BCUT2D eigenvalue weighted by Gasteiger charge is 2.15. The maximum atomic E-state index is 10.7. The van der Waals surface area contributed by atoms with Crippen LogP contribution in [0.2, 0.25) is 5.15 Å². The molecule has 1 heterocycles. The molecule has 0 radical (unpaired) electrons. The molecule has 2 aromatic rings. The SMILES string of the molecule is O=[N+]([O-])c1cc(Br)c(OCc2cccnc2Cl)c(Br)c1. The highest BCUT2D eigenvalue weighted by atomic mass is 79.9. The summed E-state index contributed by atoms with van der Waals surface area (Å²) in [5, 5.41) is 11.1. The lowest BCUT2D eigenvalue weighted by molar-refractivity contribution is -0.385. The van der Waals surface area contributed by atoms with E-state index in [4.69, 9.17) is 16.3 Å². The quantitative estimate of drug-likeness (QED) is 0.405. The fourth-order valence-electron chi connectivity index (χ4n) is 1.47. The largest absolute Gasteiger partial charge is 0.486 e. The van der Waals surface area contributed by atoms with Crippen LogP contribution < -0.4 is 4.74 Å². The van der Waals surface area contributed by atoms with E-state index in [1.54, 1.807) is 18.3 Å². The van der Waals surface area contributed by atoms with Crippen molar-refractivity contribution in [3.63, 3.8) is 0 Å². The molecule has 0 spiro atoms. The van der Waals surface area contributed by atoms with Gasteiger partial charge < -0.3 is 4.74 Å². The van der Waals surface area contributed by atoms with E-state index in [-0.39, 0.29) is 12.3 Å². The number of aromatic nitrogens is 1. The summed E-state index contributed by atoms with van der Waals surface area (Å²) in [5.74, 6) is 0.468. The Balaban J connectivity index is 2.22. The van der Waals surface area contributed by atoms with Gasteiger partial charge in [0.25, 0.3) is 5.69 Å². The van der Waals surface area contributed by atoms with Crippen molar-refractivity contribution in [1.29, 1.82) is 0 Å². The van der Waals surface area contributed by atoms with Gasteiger partial charge >= 0.3 is 0 Å². The summed E-state index contributed by atoms with van der Waals surface area (Å²) in [6.07, 6.45) is 1.59. The van der Waals surface area contributed by atoms with Crippen molar-refractivity contribution in [3.05, 3.63) is 60.2 Å². The number of halogens is 3. The molecule has 1 aromatic carbocycles. The Bertz CT molecular complexity index is 644. The molecular formula is C12H7Br2ClN2O3. The average molecular weight is 422 g/mol. The lowest BCUT2D eigenvalue weighted by Crippen LogP contribution is -1.99. The van der Waals surface area contributed by atoms with E-state index in [0.29, 0.717) is 19.8 Å². The molecule has 20 heavy (non-hydrogen) atoms. The lowest BCUT2D eigenvalue weighted by atomic mass is 10.3. The molecule has 0 fully saturated rings. The van der Waals surface area contributed by atoms with Gasteiger partial charge in [0.1, 0.15) is 17.5 Å². The zero-order chi connectivity index (χ0) is 14.7. The molecular weight excluding hydrogens is 415 g/mol. The van der Waals surface area contributed by atoms with Crippen LogP contribution in [0.1, 0.15) is 5.56 Å². The summed E-state index contributed by atoms with van der Waals surface area (Å²) in [6.45, 7) is 0.210. The molecule has 0 aliphatic carbocycles. The molecule has 0 atom stereocenters. The van der Waals surface area contributed by atoms with E-state index < -0.39 is 4.92 Å². The highest BCUT2D eigenvalue weighted by Crippen LogP contribution is 2.37. The molecule has 0 saturated carbocycles. The second kappa shape index (κ2) is 6.51. The molecule has 0 aliphatic rings. The van der Waals surface area contributed by atoms with Crippen LogP contribution in [0, 0.1) is 10.1 Å². The van der Waals surface area contributed by atoms with Crippen LogP contribution in [0.15, 0.2) is 39.4 Å². The molecule has 5 nitrogen and oxygen atoms in total. The van der Waals surface area contributed by atoms with E-state index in [0.717, 1.165) is 5.56 Å². The molecule has 8 heteroatoms. The van der Waals surface area contributed by atoms with Gasteiger partial charge in [-0.15, -0.1) is 0 Å². The van der Waals surface area contributed by atoms with Gasteiger partial charge in [-0.05, 0) is 37.9 Å². The zero-order valence-corrected chi connectivity index (χ0v) is 13.8. The van der Waals surface area contributed by atoms with E-state index in [1.165, 1.54) is 12.1 Å². The van der Waals surface area contributed by atoms with Gasteiger partial charge in [0.15, 0.2) is 0 Å². The summed E-state index contributed by atoms with van der Waals surface area (Å²) in [6, 6.07) is 6.31. The zero-order valence-electron chi connectivity index (χ0n) is 9.85. The Labute approximate surface area is 136 Å². The van der Waals surface area contributed by atoms with Gasteiger partial charge in [-0.2, -0.15) is 0 Å². The van der Waals surface area contributed by atoms with Crippen LogP contribution in [0.25, 0.3) is 0 Å². The summed E-state index contributed by atoms with van der Waals surface area (Å²) in [4.78, 5) is 14.2. The third-order valence-electron chi connectivity index (χ3n) is 2.40. The van der Waals surface area contributed by atoms with E-state index >= 15 is 0 Å². The standard InChI is InChI=1S/C12H7Br2ClN2O3/c13-9-4-8(17(18)19)5-10(14)11(9)20-6-7-2-1-3-16-12(7)15/h1-5H,6H2. The molecule has 0 bridgehead atoms. The predicted molar refractivity (Wildman–Crippen MR) is 82.1 cm³/mol. The third kappa shape index (κ3) is 3.47. The first-order chi connectivity index (χ1) is 9.49. The van der Waals surface area contributed by atoms with Gasteiger partial charge in [-0.1, -0.05) is 17.7 Å². The van der Waals surface area contributed by atoms with Crippen molar-refractivity contribution in [1.82, 2.24) is 4.98 Å². The molecule has 0 aliphatic heterocycles. The summed E-state index contributed by atoms with van der Waals surface area (Å²) in [5.41, 5.74) is 0.696. The topological polar surface area (TPSA) is 65.3 Å². The van der Waals surface area contributed by atoms with Crippen LogP contribution in [0.4, 0.5) is 5.69 Å². The second-order valence-electron chi connectivity index (χ2n) is 3.74. The first-order valence-corrected chi connectivity index (χ1v) is 7.31. The van der Waals surface area contributed by atoms with Crippen molar-refractivity contribution in [2.75, 3.05) is 0 Å². The monoisotopic (exact) mass is 420 g/mol. The van der Waals surface area contributed by atoms with Crippen LogP contribution in [-0.2, 0) is 6.61 Å². The molecule has 1 aromatic heterocycles. The van der Waals surface area contributed by atoms with E-state index in [1.807, 2.05) is 0 Å². The van der Waals surface area contributed by atoms with Crippen LogP contribution >= 0.6 is 43.5 Å². The number of ether oxygens (including phenoxy) is 1. The first kappa shape index (κ1) is 15.2. The van der Waals surface area contributed by atoms with Gasteiger partial charge in [0, 0.05) is 23.9 Å². The molecule has 2 rings (SSSR count). The Morgan fingerprint density at radius 2 is 2.00 bits per heavy atom. The normalized spacial score (nSPS) is 10.3. The molecule has 104 valence electrons. The van der Waals surface area contributed by atoms with Crippen LogP contribution in [-0.4, -0.2) is 9.91 Å². The van der Waals surface area contributed by atoms with Crippen molar-refractivity contribution >= 4 is 49.1 Å². The number of non-ortho nitro benzene ring substituents is 1. The van der Waals surface area contributed by atoms with Crippen molar-refractivity contribution in [3.8, 4) is 5.75 Å². The number of nitrogens with zero attached hydrogens (tertiary/aromatic N) is 2. The number of nitro groups is 1. The van der Waals surface area contributed by atoms with Gasteiger partial charge in [-0.3, -0.25) is 10.1 Å². The molecule has 0 N–H and O–H groups in total. The first-order valence-electron chi connectivity index (χ1n) is 5.34. The summed E-state index contributed by atoms with van der Waals surface area (Å²) >= 11 is 12.4. The van der Waals surface area contributed by atoms with Crippen LogP contribution in [0.3, 0.4) is 0 Å². The molecule has 0 amide bonds. The fraction of sp³-hybridized carbons (Fsp3) is 0.0833. The van der Waals surface area contributed by atoms with E-state index in [2.05, 4.69) is 36.8 Å². The fourth-order valence-corrected chi connectivity index (χ4v) is 3.03. The van der Waals surface area contributed by atoms with Crippen molar-refractivity contribution in [2.45, 2.75) is 6.61 Å². The smallest absolute Gasteiger partial charge is 0.271 e. The highest BCUT2D eigenvalue weighted by molar-refractivity contribution is 9.11. The van der Waals surface area contributed by atoms with Crippen molar-refractivity contribution < 1.29 is 9.66 Å². The van der Waals surface area contributed by atoms with E-state index in [9.17, 15) is 10.1 Å². The molecule has 0 unspecified atom stereocenters. The maximum absolute atomic E-state index is 10.7. The minimum Gasteiger partial charge on any atom is -0.486 e. The third-order valence-corrected chi connectivity index (χ3v) is 3.92. The number of benzene rings is 1. The minimum atomic E-state index is -0.475. The Hall–Kier alpha value is -1.18. The second-order valence-corrected chi connectivity index (χ2v) is 5.80. The van der Waals surface area contributed by atoms with Gasteiger partial charge in [-0.25, -0.2) is 4.98 Å². The summed E-state index contributed by atoms with van der Waals surface area (Å²) < 4.78 is 6.60. The predicted octanol–water partition coefficient (Wildman–Crippen LogP) is 4.75. The number of pyridine rings is 1. The Morgan fingerprint density at radius 3 is 2.55 bits per heavy atom. The van der Waals surface area contributed by atoms with Gasteiger partial charge in [0.05, 0.1) is 13.9 Å². The maximum Gasteiger partial charge on any atom is 0.271 e. The summed E-state index contributed by atoms with van der Waals surface area (Å²) in [7, 11) is 0.